The number of amides is 1. The fourth-order valence-electron chi connectivity index (χ4n) is 4.65. The summed E-state index contributed by atoms with van der Waals surface area (Å²) >= 11 is 6.16. The Balaban J connectivity index is 1.91. The van der Waals surface area contributed by atoms with Crippen LogP contribution in [0.2, 0.25) is 0 Å². The zero-order valence-electron chi connectivity index (χ0n) is 19.6. The molecule has 1 amide bonds. The van der Waals surface area contributed by atoms with Crippen molar-refractivity contribution in [1.29, 1.82) is 0 Å². The highest BCUT2D eigenvalue weighted by molar-refractivity contribution is 8.26. The third-order valence-corrected chi connectivity index (χ3v) is 7.82. The minimum Gasteiger partial charge on any atom is -0.405 e. The summed E-state index contributed by atoms with van der Waals surface area (Å²) in [6.45, 7) is 10.7. The van der Waals surface area contributed by atoms with Gasteiger partial charge < -0.3 is 10.1 Å². The van der Waals surface area contributed by atoms with E-state index in [0.717, 1.165) is 35.7 Å². The average molecular weight is 506 g/mol. The number of halogens is 3. The molecule has 0 atom stereocenters. The Bertz CT molecular complexity index is 1230. The number of carbonyl (C=O) groups excluding carboxylic acids is 1. The number of fused-ring (bicyclic) bond motifs is 1. The smallest absolute Gasteiger partial charge is 0.405 e. The maximum Gasteiger partial charge on any atom is 0.573 e. The number of ether oxygens (including phenoxy) is 1. The van der Waals surface area contributed by atoms with Gasteiger partial charge in [0.25, 0.3) is 5.91 Å². The van der Waals surface area contributed by atoms with Crippen molar-refractivity contribution in [3.8, 4) is 16.9 Å². The number of aryl methyl sites for hydroxylation is 1. The van der Waals surface area contributed by atoms with Gasteiger partial charge in [0.2, 0.25) is 0 Å². The van der Waals surface area contributed by atoms with E-state index in [-0.39, 0.29) is 22.5 Å². The third kappa shape index (κ3) is 4.89. The van der Waals surface area contributed by atoms with Gasteiger partial charge >= 0.3 is 6.36 Å². The van der Waals surface area contributed by atoms with E-state index < -0.39 is 6.36 Å². The molecule has 0 saturated carbocycles. The lowest BCUT2D eigenvalue weighted by molar-refractivity contribution is -0.274. The van der Waals surface area contributed by atoms with Crippen molar-refractivity contribution < 1.29 is 22.7 Å². The average Bonchev–Trinajstić information content (AvgIpc) is 3.02. The second-order valence-electron chi connectivity index (χ2n) is 10.1. The Morgan fingerprint density at radius 2 is 1.65 bits per heavy atom. The van der Waals surface area contributed by atoms with Crippen LogP contribution in [0, 0.1) is 6.92 Å². The molecule has 1 aliphatic carbocycles. The van der Waals surface area contributed by atoms with E-state index in [4.69, 9.17) is 12.2 Å². The largest absolute Gasteiger partial charge is 0.573 e. The van der Waals surface area contributed by atoms with E-state index in [0.29, 0.717) is 25.9 Å². The van der Waals surface area contributed by atoms with Gasteiger partial charge in [0.05, 0.1) is 4.91 Å². The fraction of sp³-hybridized carbons (Fsp3) is 0.385. The summed E-state index contributed by atoms with van der Waals surface area (Å²) in [6.07, 6.45) is -1.18. The Morgan fingerprint density at radius 1 is 1.03 bits per heavy atom. The monoisotopic (exact) mass is 505 g/mol. The lowest BCUT2D eigenvalue weighted by Crippen LogP contribution is -2.34. The van der Waals surface area contributed by atoms with Crippen LogP contribution >= 0.6 is 24.0 Å². The SMILES string of the molecule is Cc1cc2c(cc1-c1cc(C=C3SC(=S)NC3=O)ccc1OC(F)(F)F)C(C)(C)CCC2(C)C. The number of hydrogen-bond acceptors (Lipinski definition) is 4. The molecule has 2 aromatic carbocycles. The molecule has 1 N–H and O–H groups in total. The zero-order chi connectivity index (χ0) is 25.1. The molecule has 4 rings (SSSR count). The summed E-state index contributed by atoms with van der Waals surface area (Å²) in [7, 11) is 0. The van der Waals surface area contributed by atoms with E-state index in [1.807, 2.05) is 13.0 Å². The van der Waals surface area contributed by atoms with E-state index in [9.17, 15) is 18.0 Å². The molecular weight excluding hydrogens is 479 g/mol. The minimum absolute atomic E-state index is 0.0167. The lowest BCUT2D eigenvalue weighted by atomic mass is 9.62. The molecule has 8 heteroatoms. The highest BCUT2D eigenvalue weighted by Crippen LogP contribution is 2.48. The van der Waals surface area contributed by atoms with Crippen molar-refractivity contribution in [2.24, 2.45) is 0 Å². The van der Waals surface area contributed by atoms with Crippen LogP contribution in [0.3, 0.4) is 0 Å². The molecule has 1 saturated heterocycles. The molecule has 2 aliphatic rings. The number of nitrogens with one attached hydrogen (secondary N) is 1. The molecule has 0 radical (unpaired) electrons. The highest BCUT2D eigenvalue weighted by Gasteiger charge is 2.38. The van der Waals surface area contributed by atoms with E-state index in [2.05, 4.69) is 43.8 Å². The molecule has 2 aromatic rings. The van der Waals surface area contributed by atoms with Crippen molar-refractivity contribution in [1.82, 2.24) is 5.32 Å². The highest BCUT2D eigenvalue weighted by atomic mass is 32.2. The molecule has 1 fully saturated rings. The quantitative estimate of drug-likeness (QED) is 0.348. The lowest BCUT2D eigenvalue weighted by Gasteiger charge is -2.42. The number of thioether (sulfide) groups is 1. The normalized spacial score (nSPS) is 20.3. The Hall–Kier alpha value is -2.32. The summed E-state index contributed by atoms with van der Waals surface area (Å²) in [5.41, 5.74) is 4.72. The van der Waals surface area contributed by atoms with Gasteiger partial charge in [-0.1, -0.05) is 63.8 Å². The van der Waals surface area contributed by atoms with Gasteiger partial charge in [-0.3, -0.25) is 4.79 Å². The molecular formula is C26H26F3NO2S2. The van der Waals surface area contributed by atoms with Crippen molar-refractivity contribution >= 4 is 40.3 Å². The third-order valence-electron chi connectivity index (χ3n) is 6.66. The maximum atomic E-state index is 13.3. The van der Waals surface area contributed by atoms with Crippen LogP contribution in [0.4, 0.5) is 13.2 Å². The predicted octanol–water partition coefficient (Wildman–Crippen LogP) is 7.40. The van der Waals surface area contributed by atoms with Crippen LogP contribution in [0.25, 0.3) is 17.2 Å². The fourth-order valence-corrected chi connectivity index (χ4v) is 5.69. The van der Waals surface area contributed by atoms with Crippen molar-refractivity contribution in [2.75, 3.05) is 0 Å². The molecule has 180 valence electrons. The number of rotatable bonds is 3. The van der Waals surface area contributed by atoms with Gasteiger partial charge in [-0.05, 0) is 82.7 Å². The molecule has 34 heavy (non-hydrogen) atoms. The molecule has 0 bridgehead atoms. The maximum absolute atomic E-state index is 13.3. The van der Waals surface area contributed by atoms with E-state index in [1.54, 1.807) is 12.1 Å². The summed E-state index contributed by atoms with van der Waals surface area (Å²) in [5, 5.41) is 2.55. The second-order valence-corrected chi connectivity index (χ2v) is 11.9. The number of alkyl halides is 3. The zero-order valence-corrected chi connectivity index (χ0v) is 21.3. The van der Waals surface area contributed by atoms with Gasteiger partial charge in [-0.2, -0.15) is 0 Å². The first-order valence-corrected chi connectivity index (χ1v) is 12.2. The van der Waals surface area contributed by atoms with E-state index >= 15 is 0 Å². The number of carbonyl (C=O) groups is 1. The Kier molecular flexibility index (Phi) is 6.13. The molecule has 1 aliphatic heterocycles. The van der Waals surface area contributed by atoms with Crippen molar-refractivity contribution in [2.45, 2.75) is 64.7 Å². The minimum atomic E-state index is -4.83. The molecule has 0 aromatic heterocycles. The summed E-state index contributed by atoms with van der Waals surface area (Å²) in [6, 6.07) is 8.57. The van der Waals surface area contributed by atoms with Crippen molar-refractivity contribution in [3.63, 3.8) is 0 Å². The van der Waals surface area contributed by atoms with Crippen LogP contribution in [-0.2, 0) is 15.6 Å². The van der Waals surface area contributed by atoms with Crippen LogP contribution in [0.15, 0.2) is 35.2 Å². The number of benzene rings is 2. The van der Waals surface area contributed by atoms with Gasteiger partial charge in [-0.15, -0.1) is 13.2 Å². The van der Waals surface area contributed by atoms with Gasteiger partial charge in [0.1, 0.15) is 10.1 Å². The first kappa shape index (κ1) is 24.8. The first-order valence-electron chi connectivity index (χ1n) is 11.0. The van der Waals surface area contributed by atoms with Gasteiger partial charge in [-0.25, -0.2) is 0 Å². The Morgan fingerprint density at radius 3 is 2.21 bits per heavy atom. The molecule has 0 unspecified atom stereocenters. The van der Waals surface area contributed by atoms with Gasteiger partial charge in [0, 0.05) is 5.56 Å². The first-order chi connectivity index (χ1) is 15.7. The van der Waals surface area contributed by atoms with Crippen LogP contribution in [-0.4, -0.2) is 16.6 Å². The molecule has 1 heterocycles. The van der Waals surface area contributed by atoms with Crippen LogP contribution < -0.4 is 10.1 Å². The number of thiocarbonyl (C=S) groups is 1. The second kappa shape index (κ2) is 8.41. The standard InChI is InChI=1S/C26H26F3NO2S2/c1-14-10-18-19(25(4,5)9-8-24(18,2)3)13-16(14)17-11-15(6-7-20(17)32-26(27,28)29)12-21-22(31)30-23(33)34-21/h6-7,10-13H,8-9H2,1-5H3,(H,30,31,33). The number of hydrogen-bond donors (Lipinski definition) is 1. The summed E-state index contributed by atoms with van der Waals surface area (Å²) in [4.78, 5) is 12.5. The topological polar surface area (TPSA) is 38.3 Å². The van der Waals surface area contributed by atoms with Crippen LogP contribution in [0.1, 0.15) is 62.8 Å². The molecule has 0 spiro atoms. The van der Waals surface area contributed by atoms with Crippen LogP contribution in [0.5, 0.6) is 5.75 Å². The van der Waals surface area contributed by atoms with Crippen molar-refractivity contribution in [3.05, 3.63) is 57.5 Å². The van der Waals surface area contributed by atoms with Gasteiger partial charge in [0.15, 0.2) is 0 Å². The predicted molar refractivity (Wildman–Crippen MR) is 135 cm³/mol. The van der Waals surface area contributed by atoms with E-state index in [1.165, 1.54) is 17.7 Å². The summed E-state index contributed by atoms with van der Waals surface area (Å²) in [5.74, 6) is -0.592. The molecule has 3 nitrogen and oxygen atoms in total. The Labute approximate surface area is 207 Å². The summed E-state index contributed by atoms with van der Waals surface area (Å²) < 4.78 is 44.5.